The Hall–Kier alpha value is -0.420. The predicted molar refractivity (Wildman–Crippen MR) is 75.5 cm³/mol. The molecule has 1 fully saturated rings. The first kappa shape index (κ1) is 14.0. The third kappa shape index (κ3) is 3.79. The fraction of sp³-hybridized carbons (Fsp3) is 0.571. The lowest BCUT2D eigenvalue weighted by atomic mass is 10.0. The molecule has 3 atom stereocenters. The van der Waals surface area contributed by atoms with Crippen molar-refractivity contribution in [2.24, 2.45) is 5.92 Å². The van der Waals surface area contributed by atoms with Crippen molar-refractivity contribution < 1.29 is 9.84 Å². The van der Waals surface area contributed by atoms with Crippen LogP contribution in [0.2, 0.25) is 0 Å². The molecule has 1 aromatic rings. The number of benzene rings is 1. The highest BCUT2D eigenvalue weighted by atomic mass is 79.9. The minimum atomic E-state index is -0.458. The molecule has 1 heterocycles. The van der Waals surface area contributed by atoms with E-state index in [0.29, 0.717) is 18.6 Å². The summed E-state index contributed by atoms with van der Waals surface area (Å²) in [6, 6.07) is 7.79. The van der Waals surface area contributed by atoms with Crippen LogP contribution < -0.4 is 5.32 Å². The number of aliphatic hydroxyl groups excluding tert-OH is 1. The Labute approximate surface area is 117 Å². The van der Waals surface area contributed by atoms with E-state index >= 15 is 0 Å². The quantitative estimate of drug-likeness (QED) is 0.877. The lowest BCUT2D eigenvalue weighted by Gasteiger charge is -2.17. The lowest BCUT2D eigenvalue weighted by molar-refractivity contribution is 0.103. The van der Waals surface area contributed by atoms with Crippen molar-refractivity contribution in [3.05, 3.63) is 34.3 Å². The normalized spacial score (nSPS) is 25.3. The molecule has 0 bridgehead atoms. The van der Waals surface area contributed by atoms with Gasteiger partial charge in [-0.15, -0.1) is 0 Å². The van der Waals surface area contributed by atoms with E-state index in [1.807, 2.05) is 24.3 Å². The monoisotopic (exact) mass is 313 g/mol. The van der Waals surface area contributed by atoms with Gasteiger partial charge in [-0.1, -0.05) is 28.1 Å². The van der Waals surface area contributed by atoms with Gasteiger partial charge in [0.15, 0.2) is 0 Å². The molecule has 1 aliphatic rings. The summed E-state index contributed by atoms with van der Waals surface area (Å²) in [6.07, 6.45) is 0.988. The average molecular weight is 314 g/mol. The van der Waals surface area contributed by atoms with E-state index in [4.69, 9.17) is 4.74 Å². The van der Waals surface area contributed by atoms with Gasteiger partial charge >= 0.3 is 0 Å². The molecule has 18 heavy (non-hydrogen) atoms. The van der Waals surface area contributed by atoms with E-state index < -0.39 is 6.10 Å². The second-order valence-electron chi connectivity index (χ2n) is 4.85. The van der Waals surface area contributed by atoms with Crippen LogP contribution in [0.25, 0.3) is 0 Å². The molecule has 3 unspecified atom stereocenters. The molecule has 0 spiro atoms. The fourth-order valence-corrected chi connectivity index (χ4v) is 2.70. The topological polar surface area (TPSA) is 41.5 Å². The minimum absolute atomic E-state index is 0.334. The van der Waals surface area contributed by atoms with Crippen LogP contribution in [0.15, 0.2) is 28.7 Å². The van der Waals surface area contributed by atoms with Crippen LogP contribution in [-0.4, -0.2) is 30.9 Å². The van der Waals surface area contributed by atoms with Crippen LogP contribution in [0, 0.1) is 5.92 Å². The van der Waals surface area contributed by atoms with Crippen LogP contribution in [-0.2, 0) is 4.74 Å². The number of hydrogen-bond donors (Lipinski definition) is 2. The molecule has 1 aromatic carbocycles. The van der Waals surface area contributed by atoms with Crippen LogP contribution in [0.1, 0.15) is 25.0 Å². The molecule has 1 saturated heterocycles. The van der Waals surface area contributed by atoms with E-state index in [1.54, 1.807) is 0 Å². The standard InChI is InChI=1S/C14H20BrNO2/c1-10-12(5-6-18-10)8-16-9-14(17)11-3-2-4-13(15)7-11/h2-4,7,10,12,14,16-17H,5-6,8-9H2,1H3. The predicted octanol–water partition coefficient (Wildman–Crippen LogP) is 2.50. The second kappa shape index (κ2) is 6.66. The number of hydrogen-bond acceptors (Lipinski definition) is 3. The summed E-state index contributed by atoms with van der Waals surface area (Å²) in [5.41, 5.74) is 0.938. The Morgan fingerprint density at radius 2 is 2.39 bits per heavy atom. The van der Waals surface area contributed by atoms with Gasteiger partial charge in [-0.3, -0.25) is 0 Å². The molecular weight excluding hydrogens is 294 g/mol. The smallest absolute Gasteiger partial charge is 0.0914 e. The van der Waals surface area contributed by atoms with Gasteiger partial charge in [0.25, 0.3) is 0 Å². The van der Waals surface area contributed by atoms with Crippen LogP contribution in [0.3, 0.4) is 0 Å². The van der Waals surface area contributed by atoms with Gasteiger partial charge < -0.3 is 15.2 Å². The Kier molecular flexibility index (Phi) is 5.18. The zero-order chi connectivity index (χ0) is 13.0. The maximum Gasteiger partial charge on any atom is 0.0914 e. The lowest BCUT2D eigenvalue weighted by Crippen LogP contribution is -2.30. The molecule has 0 saturated carbocycles. The van der Waals surface area contributed by atoms with Gasteiger partial charge in [-0.25, -0.2) is 0 Å². The molecule has 2 rings (SSSR count). The minimum Gasteiger partial charge on any atom is -0.387 e. The maximum atomic E-state index is 10.1. The summed E-state index contributed by atoms with van der Waals surface area (Å²) < 4.78 is 6.51. The highest BCUT2D eigenvalue weighted by Gasteiger charge is 2.23. The number of aliphatic hydroxyl groups is 1. The van der Waals surface area contributed by atoms with Gasteiger partial charge in [0.2, 0.25) is 0 Å². The molecule has 0 aromatic heterocycles. The molecule has 0 aliphatic carbocycles. The zero-order valence-corrected chi connectivity index (χ0v) is 12.2. The Morgan fingerprint density at radius 3 is 3.06 bits per heavy atom. The van der Waals surface area contributed by atoms with Crippen molar-refractivity contribution in [1.82, 2.24) is 5.32 Å². The second-order valence-corrected chi connectivity index (χ2v) is 5.77. The molecule has 0 radical (unpaired) electrons. The SMILES string of the molecule is CC1OCCC1CNCC(O)c1cccc(Br)c1. The van der Waals surface area contributed by atoms with Crippen LogP contribution >= 0.6 is 15.9 Å². The molecular formula is C14H20BrNO2. The molecule has 100 valence electrons. The van der Waals surface area contributed by atoms with Crippen molar-refractivity contribution in [3.8, 4) is 0 Å². The third-order valence-electron chi connectivity index (χ3n) is 3.51. The summed E-state index contributed by atoms with van der Waals surface area (Å²) in [7, 11) is 0. The third-order valence-corrected chi connectivity index (χ3v) is 4.00. The number of nitrogens with one attached hydrogen (secondary N) is 1. The first-order valence-electron chi connectivity index (χ1n) is 6.42. The van der Waals surface area contributed by atoms with Crippen LogP contribution in [0.4, 0.5) is 0 Å². The highest BCUT2D eigenvalue weighted by Crippen LogP contribution is 2.20. The van der Waals surface area contributed by atoms with Gasteiger partial charge in [-0.2, -0.15) is 0 Å². The number of halogens is 1. The fourth-order valence-electron chi connectivity index (χ4n) is 2.28. The van der Waals surface area contributed by atoms with Crippen molar-refractivity contribution in [2.75, 3.05) is 19.7 Å². The summed E-state index contributed by atoms with van der Waals surface area (Å²) in [5, 5.41) is 13.4. The van der Waals surface area contributed by atoms with Gasteiger partial charge in [0.05, 0.1) is 12.2 Å². The van der Waals surface area contributed by atoms with Crippen molar-refractivity contribution in [3.63, 3.8) is 0 Å². The summed E-state index contributed by atoms with van der Waals surface area (Å²) >= 11 is 3.41. The molecule has 2 N–H and O–H groups in total. The van der Waals surface area contributed by atoms with E-state index in [0.717, 1.165) is 29.6 Å². The average Bonchev–Trinajstić information content (AvgIpc) is 2.75. The number of rotatable bonds is 5. The zero-order valence-electron chi connectivity index (χ0n) is 10.6. The van der Waals surface area contributed by atoms with Crippen molar-refractivity contribution >= 4 is 15.9 Å². The largest absolute Gasteiger partial charge is 0.387 e. The van der Waals surface area contributed by atoms with Crippen molar-refractivity contribution in [2.45, 2.75) is 25.6 Å². The van der Waals surface area contributed by atoms with Gasteiger partial charge in [0.1, 0.15) is 0 Å². The first-order chi connectivity index (χ1) is 8.66. The number of ether oxygens (including phenoxy) is 1. The maximum absolute atomic E-state index is 10.1. The summed E-state index contributed by atoms with van der Waals surface area (Å²) in [4.78, 5) is 0. The first-order valence-corrected chi connectivity index (χ1v) is 7.22. The van der Waals surface area contributed by atoms with E-state index in [9.17, 15) is 5.11 Å². The molecule has 3 nitrogen and oxygen atoms in total. The van der Waals surface area contributed by atoms with Gasteiger partial charge in [0, 0.05) is 24.2 Å². The van der Waals surface area contributed by atoms with E-state index in [-0.39, 0.29) is 0 Å². The highest BCUT2D eigenvalue weighted by molar-refractivity contribution is 9.10. The molecule has 1 aliphatic heterocycles. The van der Waals surface area contributed by atoms with E-state index in [1.165, 1.54) is 0 Å². The summed E-state index contributed by atoms with van der Waals surface area (Å²) in [6.45, 7) is 4.47. The molecule has 4 heteroatoms. The van der Waals surface area contributed by atoms with Gasteiger partial charge in [-0.05, 0) is 37.0 Å². The Bertz CT molecular complexity index is 386. The Balaban J connectivity index is 1.76. The summed E-state index contributed by atoms with van der Waals surface area (Å²) in [5.74, 6) is 0.569. The van der Waals surface area contributed by atoms with E-state index in [2.05, 4.69) is 28.2 Å². The van der Waals surface area contributed by atoms with Crippen molar-refractivity contribution in [1.29, 1.82) is 0 Å². The van der Waals surface area contributed by atoms with Crippen LogP contribution in [0.5, 0.6) is 0 Å². The molecule has 0 amide bonds. The Morgan fingerprint density at radius 1 is 1.56 bits per heavy atom.